The third kappa shape index (κ3) is 11.8. The van der Waals surface area contributed by atoms with E-state index in [-0.39, 0.29) is 21.1 Å². The Hall–Kier alpha value is -13.9. The molecule has 0 atom stereocenters. The Morgan fingerprint density at radius 3 is 1.27 bits per heavy atom. The van der Waals surface area contributed by atoms with E-state index in [9.17, 15) is 0 Å². The summed E-state index contributed by atoms with van der Waals surface area (Å²) in [7, 11) is 0. The lowest BCUT2D eigenvalue weighted by Crippen LogP contribution is -1.91. The first-order valence-corrected chi connectivity index (χ1v) is 44.6. The molecule has 124 heavy (non-hydrogen) atoms. The Kier molecular flexibility index (Phi) is 17.0. The fraction of sp³-hybridized carbons (Fsp3) is 0. The molecule has 0 radical (unpaired) electrons. The van der Waals surface area contributed by atoms with Crippen LogP contribution in [0.15, 0.2) is 333 Å². The van der Waals surface area contributed by atoms with Crippen LogP contribution >= 0.6 is 91.8 Å². The van der Waals surface area contributed by atoms with Crippen LogP contribution in [0.4, 0.5) is 0 Å². The van der Waals surface area contributed by atoms with Gasteiger partial charge in [-0.2, -0.15) is 4.98 Å². The predicted molar refractivity (Wildman–Crippen MR) is 521 cm³/mol. The van der Waals surface area contributed by atoms with Gasteiger partial charge < -0.3 is 17.7 Å². The number of halogens is 4. The van der Waals surface area contributed by atoms with Gasteiger partial charge >= 0.3 is 0 Å². The van der Waals surface area contributed by atoms with Crippen LogP contribution in [-0.2, 0) is 0 Å². The third-order valence-corrected chi connectivity index (χ3v) is 28.5. The lowest BCUT2D eigenvalue weighted by atomic mass is 9.96. The van der Waals surface area contributed by atoms with Gasteiger partial charge in [0.05, 0.1) is 48.6 Å². The van der Waals surface area contributed by atoms with E-state index in [4.69, 9.17) is 74.0 Å². The van der Waals surface area contributed by atoms with Crippen molar-refractivity contribution in [2.45, 2.75) is 0 Å². The van der Waals surface area contributed by atoms with E-state index < -0.39 is 0 Å². The Morgan fingerprint density at radius 2 is 0.621 bits per heavy atom. The van der Waals surface area contributed by atoms with Gasteiger partial charge in [-0.05, 0) is 180 Å². The van der Waals surface area contributed by atoms with E-state index in [0.717, 1.165) is 179 Å². The van der Waals surface area contributed by atoms with Gasteiger partial charge in [0.15, 0.2) is 0 Å². The highest BCUT2D eigenvalue weighted by Gasteiger charge is 2.26. The number of furan rings is 4. The number of benzene rings is 16. The maximum atomic E-state index is 6.42. The molecule has 0 saturated carbocycles. The first-order chi connectivity index (χ1) is 61.1. The molecule has 12 nitrogen and oxygen atoms in total. The zero-order valence-electron chi connectivity index (χ0n) is 64.4. The van der Waals surface area contributed by atoms with E-state index in [2.05, 4.69) is 248 Å². The van der Waals surface area contributed by atoms with Gasteiger partial charge in [0.25, 0.3) is 0 Å². The molecular weight excluding hydrogens is 1700 g/mol. The zero-order chi connectivity index (χ0) is 82.1. The van der Waals surface area contributed by atoms with Crippen LogP contribution in [0.25, 0.3) is 257 Å². The second-order valence-electron chi connectivity index (χ2n) is 30.3. The smallest absolute Gasteiger partial charge is 0.232 e. The molecule has 0 aliphatic carbocycles. The van der Waals surface area contributed by atoms with Gasteiger partial charge in [0, 0.05) is 116 Å². The predicted octanol–water partition coefficient (Wildman–Crippen LogP) is 32.9. The Morgan fingerprint density at radius 1 is 0.210 bits per heavy atom. The first kappa shape index (κ1) is 72.9. The average Bonchev–Trinajstić information content (AvgIpc) is 1.21. The Balaban J connectivity index is 0.0000000906. The number of hydrogen-bond donors (Lipinski definition) is 0. The molecule has 0 fully saturated rings. The maximum absolute atomic E-state index is 6.42. The van der Waals surface area contributed by atoms with E-state index in [1.54, 1.807) is 34.0 Å². The molecule has 0 aliphatic heterocycles. The number of nitrogens with zero attached hydrogens (tertiary/aromatic N) is 8. The van der Waals surface area contributed by atoms with Crippen molar-refractivity contribution in [2.75, 3.05) is 0 Å². The van der Waals surface area contributed by atoms with Gasteiger partial charge in [-0.1, -0.05) is 224 Å². The summed E-state index contributed by atoms with van der Waals surface area (Å²) in [6.45, 7) is 0. The number of aromatic nitrogens is 8. The molecule has 0 bridgehead atoms. The van der Waals surface area contributed by atoms with Crippen molar-refractivity contribution in [1.29, 1.82) is 0 Å². The van der Waals surface area contributed by atoms with Crippen molar-refractivity contribution < 1.29 is 17.7 Å². The van der Waals surface area contributed by atoms with Crippen LogP contribution < -0.4 is 0 Å². The molecule has 0 aliphatic rings. The summed E-state index contributed by atoms with van der Waals surface area (Å²) in [5, 5.41) is 25.9. The van der Waals surface area contributed by atoms with Crippen LogP contribution in [-0.4, -0.2) is 39.9 Å². The molecule has 20 heteroatoms. The standard InChI is InChI=1S/C26H13ClN2O2.2C26H13ClN2OS.C26H13ClN2S2/c27-26-28-24(23-17-7-3-4-8-19(17)31-25(23)29-26)15-9-11-18-21(13-15)30-20-12-10-14-5-1-2-6-16(14)22(18)20;27-26-28-23-17-10-4-6-12-21(17)31-25(23)24(29-26)18-13-20-22(15-8-2-1-7-14(15)18)16-9-3-5-11-19(16)30-20;27-26-28-23(25-24(29-26)17-7-3-4-8-21(17)31-25)15-10-11-19-18(13-15)22-16-6-2-1-5-14(16)9-12-20(22)30-19;27-26-28-24(23-17-10-4-6-12-20(17)31-25(23)29-26)18-13-21-22(15-8-2-1-7-14(15)18)16-9-3-5-11-19(16)30-21/h4*1-13H. The number of thiophene rings is 4. The second kappa shape index (κ2) is 28.9. The molecule has 28 rings (SSSR count). The highest BCUT2D eigenvalue weighted by molar-refractivity contribution is 7.27. The van der Waals surface area contributed by atoms with Gasteiger partial charge in [-0.25, -0.2) is 34.9 Å². The molecule has 16 aromatic carbocycles. The van der Waals surface area contributed by atoms with Crippen LogP contribution in [0.2, 0.25) is 21.1 Å². The minimum absolute atomic E-state index is 0.150. The summed E-state index contributed by atoms with van der Waals surface area (Å²) in [5.74, 6) is 0. The molecule has 0 amide bonds. The number of hydrogen-bond acceptors (Lipinski definition) is 16. The summed E-state index contributed by atoms with van der Waals surface area (Å²) in [5.41, 5.74) is 15.5. The highest BCUT2D eigenvalue weighted by Crippen LogP contribution is 2.50. The largest absolute Gasteiger partial charge is 0.456 e. The highest BCUT2D eigenvalue weighted by atomic mass is 35.5. The Bertz CT molecular complexity index is 9410. The number of fused-ring (bicyclic) bond motifs is 32. The van der Waals surface area contributed by atoms with Crippen LogP contribution in [0.1, 0.15) is 0 Å². The Labute approximate surface area is 736 Å². The van der Waals surface area contributed by atoms with Gasteiger partial charge in [0.1, 0.15) is 43.9 Å². The summed E-state index contributed by atoms with van der Waals surface area (Å²) >= 11 is 32.3. The quantitative estimate of drug-likeness (QED) is 0.154. The van der Waals surface area contributed by atoms with Crippen molar-refractivity contribution in [3.63, 3.8) is 0 Å². The summed E-state index contributed by atoms with van der Waals surface area (Å²) in [6.07, 6.45) is 0. The molecular formula is C104H52Cl4N8O4S4. The monoisotopic (exact) mass is 1740 g/mol. The molecule has 0 spiro atoms. The number of rotatable bonds is 4. The SMILES string of the molecule is Clc1nc(-c2cc3oc4ccccc4c3c3ccccc23)c2sc3ccccc3c2n1.Clc1nc(-c2cc3sc4ccccc4c3c3ccccc23)c2c(n1)sc1ccccc12.Clc1nc(-c2ccc3c(c2)oc2ccc4ccccc4c23)c2c(n1)oc1ccccc12.Clc1nc(-c2ccc3oc4ccc5ccccc5c4c3c2)c2sc3ccccc3c2n1. The second-order valence-corrected chi connectivity index (χ2v) is 35.9. The van der Waals surface area contributed by atoms with Crippen molar-refractivity contribution in [3.05, 3.63) is 337 Å². The fourth-order valence-corrected chi connectivity index (χ4v) is 23.3. The van der Waals surface area contributed by atoms with Crippen molar-refractivity contribution in [3.8, 4) is 45.0 Å². The molecule has 12 aromatic heterocycles. The van der Waals surface area contributed by atoms with Crippen LogP contribution in [0, 0.1) is 0 Å². The fourth-order valence-electron chi connectivity index (χ4n) is 18.1. The minimum Gasteiger partial charge on any atom is -0.456 e. The summed E-state index contributed by atoms with van der Waals surface area (Å²) in [6, 6.07) is 108. The summed E-state index contributed by atoms with van der Waals surface area (Å²) in [4.78, 5) is 37.5. The molecule has 0 saturated heterocycles. The molecule has 0 N–H and O–H groups in total. The first-order valence-electron chi connectivity index (χ1n) is 39.8. The van der Waals surface area contributed by atoms with Crippen molar-refractivity contribution in [2.24, 2.45) is 0 Å². The van der Waals surface area contributed by atoms with E-state index in [0.29, 0.717) is 5.71 Å². The minimum atomic E-state index is 0.150. The van der Waals surface area contributed by atoms with E-state index in [1.165, 1.54) is 72.0 Å². The lowest BCUT2D eigenvalue weighted by molar-refractivity contribution is 0.653. The van der Waals surface area contributed by atoms with Gasteiger partial charge in [-0.3, -0.25) is 0 Å². The van der Waals surface area contributed by atoms with Crippen LogP contribution in [0.3, 0.4) is 0 Å². The summed E-state index contributed by atoms with van der Waals surface area (Å²) < 4.78 is 32.7. The van der Waals surface area contributed by atoms with Gasteiger partial charge in [0.2, 0.25) is 26.8 Å². The lowest BCUT2D eigenvalue weighted by Gasteiger charge is -2.10. The molecule has 12 heterocycles. The molecule has 28 aromatic rings. The maximum Gasteiger partial charge on any atom is 0.232 e. The topological polar surface area (TPSA) is 156 Å². The van der Waals surface area contributed by atoms with Crippen LogP contribution in [0.5, 0.6) is 0 Å². The average molecular weight is 1750 g/mol. The van der Waals surface area contributed by atoms with Crippen molar-refractivity contribution >= 4 is 304 Å². The van der Waals surface area contributed by atoms with E-state index >= 15 is 0 Å². The molecule has 584 valence electrons. The normalized spacial score (nSPS) is 12.0. The molecule has 0 unspecified atom stereocenters. The third-order valence-electron chi connectivity index (χ3n) is 23.4. The van der Waals surface area contributed by atoms with Crippen molar-refractivity contribution in [1.82, 2.24) is 39.9 Å². The van der Waals surface area contributed by atoms with Gasteiger partial charge in [-0.15, -0.1) is 45.3 Å². The zero-order valence-corrected chi connectivity index (χ0v) is 70.7. The van der Waals surface area contributed by atoms with E-state index in [1.807, 2.05) is 108 Å². The number of para-hydroxylation sites is 2.